The molecule has 2 aromatic rings. The molecule has 6 nitrogen and oxygen atoms in total. The lowest BCUT2D eigenvalue weighted by atomic mass is 9.49. The van der Waals surface area contributed by atoms with E-state index in [9.17, 15) is 4.79 Å². The third kappa shape index (κ3) is 4.39. The number of carbonyl (C=O) groups excluding carboxylic acids is 1. The van der Waals surface area contributed by atoms with Crippen molar-refractivity contribution in [3.05, 3.63) is 41.6 Å². The van der Waals surface area contributed by atoms with Crippen molar-refractivity contribution >= 4 is 23.4 Å². The van der Waals surface area contributed by atoms with Crippen molar-refractivity contribution in [1.82, 2.24) is 15.3 Å². The van der Waals surface area contributed by atoms with Crippen LogP contribution in [0.3, 0.4) is 0 Å². The molecule has 1 heterocycles. The summed E-state index contributed by atoms with van der Waals surface area (Å²) in [6.07, 6.45) is 7.39. The fraction of sp³-hybridized carbons (Fsp3) is 0.560. The van der Waals surface area contributed by atoms with Crippen LogP contribution in [0.4, 0.5) is 17.5 Å². The van der Waals surface area contributed by atoms with Crippen LogP contribution in [-0.4, -0.2) is 29.0 Å². The maximum Gasteiger partial charge on any atom is 0.226 e. The summed E-state index contributed by atoms with van der Waals surface area (Å²) in [5, 5.41) is 9.82. The summed E-state index contributed by atoms with van der Waals surface area (Å²) in [6.45, 7) is 5.24. The molecule has 4 aliphatic carbocycles. The SMILES string of the molecule is Cc1ccc(Nc2cc(C)nc(NCCNC(=O)C34CC5CC(CC(C5)C3)C4)n2)cc1. The normalized spacial score (nSPS) is 28.4. The summed E-state index contributed by atoms with van der Waals surface area (Å²) in [5.74, 6) is 3.98. The van der Waals surface area contributed by atoms with Crippen molar-refractivity contribution in [3.8, 4) is 0 Å². The lowest BCUT2D eigenvalue weighted by Crippen LogP contribution is -2.54. The van der Waals surface area contributed by atoms with Crippen LogP contribution in [0.15, 0.2) is 30.3 Å². The van der Waals surface area contributed by atoms with Gasteiger partial charge in [0.25, 0.3) is 0 Å². The third-order valence-corrected chi connectivity index (χ3v) is 7.39. The van der Waals surface area contributed by atoms with Crippen LogP contribution in [0.1, 0.15) is 49.8 Å². The molecule has 6 heteroatoms. The standard InChI is InChI=1S/C25H33N5O/c1-16-3-5-21(6-4-16)29-22-9-17(2)28-24(30-22)27-8-7-26-23(31)25-13-18-10-19(14-25)12-20(11-18)15-25/h3-6,9,18-20H,7-8,10-15H2,1-2H3,(H,26,31)(H2,27,28,29,30). The zero-order valence-electron chi connectivity index (χ0n) is 18.6. The molecule has 3 N–H and O–H groups in total. The van der Waals surface area contributed by atoms with E-state index in [1.807, 2.05) is 25.1 Å². The van der Waals surface area contributed by atoms with Crippen LogP contribution < -0.4 is 16.0 Å². The van der Waals surface area contributed by atoms with Crippen molar-refractivity contribution in [1.29, 1.82) is 0 Å². The molecule has 164 valence electrons. The van der Waals surface area contributed by atoms with Crippen molar-refractivity contribution in [3.63, 3.8) is 0 Å². The monoisotopic (exact) mass is 419 g/mol. The molecule has 1 aromatic carbocycles. The Hall–Kier alpha value is -2.63. The fourth-order valence-corrected chi connectivity index (χ4v) is 6.42. The molecule has 6 rings (SSSR count). The highest BCUT2D eigenvalue weighted by Crippen LogP contribution is 2.60. The predicted molar refractivity (Wildman–Crippen MR) is 123 cm³/mol. The lowest BCUT2D eigenvalue weighted by Gasteiger charge is -2.55. The van der Waals surface area contributed by atoms with E-state index in [2.05, 4.69) is 45.0 Å². The average molecular weight is 420 g/mol. The predicted octanol–water partition coefficient (Wildman–Crippen LogP) is 4.58. The van der Waals surface area contributed by atoms with Crippen molar-refractivity contribution in [2.75, 3.05) is 23.7 Å². The molecule has 4 aliphatic rings. The number of aryl methyl sites for hydroxylation is 2. The van der Waals surface area contributed by atoms with Gasteiger partial charge in [0.15, 0.2) is 0 Å². The van der Waals surface area contributed by atoms with E-state index in [-0.39, 0.29) is 11.3 Å². The van der Waals surface area contributed by atoms with Gasteiger partial charge in [-0.25, -0.2) is 4.98 Å². The van der Waals surface area contributed by atoms with Gasteiger partial charge in [0.1, 0.15) is 5.82 Å². The van der Waals surface area contributed by atoms with Crippen LogP contribution >= 0.6 is 0 Å². The topological polar surface area (TPSA) is 78.9 Å². The summed E-state index contributed by atoms with van der Waals surface area (Å²) in [5.41, 5.74) is 3.03. The lowest BCUT2D eigenvalue weighted by molar-refractivity contribution is -0.146. The van der Waals surface area contributed by atoms with Gasteiger partial charge >= 0.3 is 0 Å². The van der Waals surface area contributed by atoms with E-state index in [4.69, 9.17) is 0 Å². The second-order valence-electron chi connectivity index (χ2n) is 10.1. The summed E-state index contributed by atoms with van der Waals surface area (Å²) in [7, 11) is 0. The van der Waals surface area contributed by atoms with Gasteiger partial charge < -0.3 is 16.0 Å². The molecular formula is C25H33N5O. The number of anilines is 3. The molecule has 0 atom stereocenters. The van der Waals surface area contributed by atoms with Crippen LogP contribution in [-0.2, 0) is 4.79 Å². The number of hydrogen-bond donors (Lipinski definition) is 3. The molecule has 0 unspecified atom stereocenters. The first-order valence-electron chi connectivity index (χ1n) is 11.7. The van der Waals surface area contributed by atoms with E-state index in [0.29, 0.717) is 19.0 Å². The minimum absolute atomic E-state index is 0.0836. The Morgan fingerprint density at radius 3 is 2.26 bits per heavy atom. The molecule has 0 spiro atoms. The Bertz CT molecular complexity index is 920. The molecular weight excluding hydrogens is 386 g/mol. The maximum absolute atomic E-state index is 13.1. The average Bonchev–Trinajstić information content (AvgIpc) is 2.71. The van der Waals surface area contributed by atoms with Crippen LogP contribution in [0.5, 0.6) is 0 Å². The Labute approximate surface area is 184 Å². The summed E-state index contributed by atoms with van der Waals surface area (Å²) in [6, 6.07) is 10.2. The van der Waals surface area contributed by atoms with Crippen LogP contribution in [0.2, 0.25) is 0 Å². The Balaban J connectivity index is 1.14. The molecule has 31 heavy (non-hydrogen) atoms. The van der Waals surface area contributed by atoms with Gasteiger partial charge in [-0.1, -0.05) is 17.7 Å². The van der Waals surface area contributed by atoms with Gasteiger partial charge in [0.2, 0.25) is 11.9 Å². The van der Waals surface area contributed by atoms with Gasteiger partial charge in [-0.15, -0.1) is 0 Å². The van der Waals surface area contributed by atoms with E-state index < -0.39 is 0 Å². The van der Waals surface area contributed by atoms with E-state index in [1.165, 1.54) is 24.8 Å². The number of aromatic nitrogens is 2. The Kier molecular flexibility index (Phi) is 5.32. The van der Waals surface area contributed by atoms with Gasteiger partial charge in [0, 0.05) is 36.0 Å². The van der Waals surface area contributed by atoms with Crippen LogP contribution in [0.25, 0.3) is 0 Å². The van der Waals surface area contributed by atoms with E-state index >= 15 is 0 Å². The largest absolute Gasteiger partial charge is 0.354 e. The molecule has 4 bridgehead atoms. The quantitative estimate of drug-likeness (QED) is 0.573. The molecule has 0 aliphatic heterocycles. The van der Waals surface area contributed by atoms with Crippen LogP contribution in [0, 0.1) is 37.0 Å². The first-order chi connectivity index (χ1) is 15.0. The number of rotatable bonds is 7. The molecule has 4 fully saturated rings. The zero-order chi connectivity index (χ0) is 21.4. The third-order valence-electron chi connectivity index (χ3n) is 7.39. The van der Waals surface area contributed by atoms with Crippen molar-refractivity contribution < 1.29 is 4.79 Å². The number of hydrogen-bond acceptors (Lipinski definition) is 5. The first-order valence-corrected chi connectivity index (χ1v) is 11.7. The van der Waals surface area contributed by atoms with Gasteiger partial charge in [-0.05, 0) is 82.3 Å². The fourth-order valence-electron chi connectivity index (χ4n) is 6.42. The summed E-state index contributed by atoms with van der Waals surface area (Å²) in [4.78, 5) is 22.1. The molecule has 1 aromatic heterocycles. The Morgan fingerprint density at radius 2 is 1.61 bits per heavy atom. The van der Waals surface area contributed by atoms with Gasteiger partial charge in [0.05, 0.1) is 0 Å². The number of nitrogens with one attached hydrogen (secondary N) is 3. The first kappa shape index (κ1) is 20.3. The second-order valence-corrected chi connectivity index (χ2v) is 10.1. The zero-order valence-corrected chi connectivity index (χ0v) is 18.6. The van der Waals surface area contributed by atoms with Gasteiger partial charge in [-0.2, -0.15) is 4.98 Å². The molecule has 4 saturated carbocycles. The minimum atomic E-state index is -0.0836. The van der Waals surface area contributed by atoms with E-state index in [1.54, 1.807) is 0 Å². The van der Waals surface area contributed by atoms with Crippen molar-refractivity contribution in [2.45, 2.75) is 52.4 Å². The van der Waals surface area contributed by atoms with Gasteiger partial charge in [-0.3, -0.25) is 4.79 Å². The molecule has 0 radical (unpaired) electrons. The molecule has 0 saturated heterocycles. The molecule has 1 amide bonds. The number of benzene rings is 1. The number of nitrogens with zero attached hydrogens (tertiary/aromatic N) is 2. The highest BCUT2D eigenvalue weighted by Gasteiger charge is 2.54. The smallest absolute Gasteiger partial charge is 0.226 e. The van der Waals surface area contributed by atoms with Crippen molar-refractivity contribution in [2.24, 2.45) is 23.2 Å². The highest BCUT2D eigenvalue weighted by molar-refractivity contribution is 5.83. The minimum Gasteiger partial charge on any atom is -0.354 e. The number of amides is 1. The summed E-state index contributed by atoms with van der Waals surface area (Å²) < 4.78 is 0. The summed E-state index contributed by atoms with van der Waals surface area (Å²) >= 11 is 0. The second kappa shape index (κ2) is 8.13. The highest BCUT2D eigenvalue weighted by atomic mass is 16.2. The Morgan fingerprint density at radius 1 is 0.968 bits per heavy atom. The maximum atomic E-state index is 13.1. The van der Waals surface area contributed by atoms with E-state index in [0.717, 1.165) is 54.2 Å². The number of carbonyl (C=O) groups is 1.